The average Bonchev–Trinajstić information content (AvgIpc) is 2.47. The lowest BCUT2D eigenvalue weighted by Gasteiger charge is -2.40. The average molecular weight is 282 g/mol. The summed E-state index contributed by atoms with van der Waals surface area (Å²) in [6.45, 7) is 6.10. The number of carbonyl (C=O) groups is 1. The highest BCUT2D eigenvalue weighted by atomic mass is 35.5. The van der Waals surface area contributed by atoms with E-state index in [2.05, 4.69) is 23.8 Å². The summed E-state index contributed by atoms with van der Waals surface area (Å²) in [5.41, 5.74) is 0.799. The first-order valence-corrected chi connectivity index (χ1v) is 7.25. The molecule has 1 fully saturated rings. The van der Waals surface area contributed by atoms with Crippen LogP contribution in [0.5, 0.6) is 0 Å². The molecule has 4 nitrogen and oxygen atoms in total. The zero-order valence-electron chi connectivity index (χ0n) is 11.5. The predicted octanol–water partition coefficient (Wildman–Crippen LogP) is 3.17. The highest BCUT2D eigenvalue weighted by Gasteiger charge is 2.33. The molecule has 19 heavy (non-hydrogen) atoms. The van der Waals surface area contributed by atoms with Gasteiger partial charge in [-0.25, -0.2) is 9.97 Å². The Morgan fingerprint density at radius 3 is 2.37 bits per heavy atom. The van der Waals surface area contributed by atoms with Crippen molar-refractivity contribution in [2.75, 3.05) is 13.1 Å². The maximum absolute atomic E-state index is 12.3. The lowest BCUT2D eigenvalue weighted by molar-refractivity contribution is 0.0552. The summed E-state index contributed by atoms with van der Waals surface area (Å²) in [5, 5.41) is 0.311. The summed E-state index contributed by atoms with van der Waals surface area (Å²) in [5.74, 6) is -0.0371. The Morgan fingerprint density at radius 2 is 1.89 bits per heavy atom. The van der Waals surface area contributed by atoms with Crippen LogP contribution in [0.2, 0.25) is 5.15 Å². The lowest BCUT2D eigenvalue weighted by Crippen LogP contribution is -2.43. The molecule has 0 atom stereocenters. The van der Waals surface area contributed by atoms with Crippen LogP contribution in [0.1, 0.15) is 50.0 Å². The molecule has 0 aliphatic carbocycles. The molecule has 2 rings (SSSR count). The Bertz CT molecular complexity index is 433. The monoisotopic (exact) mass is 281 g/mol. The molecule has 5 heteroatoms. The molecule has 0 saturated carbocycles. The molecule has 1 aromatic rings. The Labute approximate surface area is 119 Å². The standard InChI is InChI=1S/C14H20ClN3O/c1-3-14(4-2)5-7-18(8-6-14)13(19)11-9-17-12(15)10-16-11/h9-10H,3-8H2,1-2H3. The van der Waals surface area contributed by atoms with Gasteiger partial charge in [-0.3, -0.25) is 4.79 Å². The number of piperidine rings is 1. The lowest BCUT2D eigenvalue weighted by atomic mass is 9.74. The van der Waals surface area contributed by atoms with Crippen molar-refractivity contribution < 1.29 is 4.79 Å². The quantitative estimate of drug-likeness (QED) is 0.855. The van der Waals surface area contributed by atoms with Gasteiger partial charge in [-0.1, -0.05) is 38.3 Å². The van der Waals surface area contributed by atoms with Gasteiger partial charge in [0.05, 0.1) is 12.4 Å². The molecule has 1 amide bonds. The van der Waals surface area contributed by atoms with Crippen LogP contribution >= 0.6 is 11.6 Å². The van der Waals surface area contributed by atoms with E-state index in [9.17, 15) is 4.79 Å². The molecule has 0 radical (unpaired) electrons. The van der Waals surface area contributed by atoms with E-state index in [1.165, 1.54) is 25.2 Å². The van der Waals surface area contributed by atoms with Gasteiger partial charge in [0.2, 0.25) is 0 Å². The third-order valence-corrected chi connectivity index (χ3v) is 4.65. The fourth-order valence-electron chi connectivity index (χ4n) is 2.73. The van der Waals surface area contributed by atoms with Crippen LogP contribution in [0.4, 0.5) is 0 Å². The summed E-state index contributed by atoms with van der Waals surface area (Å²) in [6, 6.07) is 0. The zero-order valence-corrected chi connectivity index (χ0v) is 12.3. The Morgan fingerprint density at radius 1 is 1.26 bits per heavy atom. The van der Waals surface area contributed by atoms with Crippen molar-refractivity contribution in [1.29, 1.82) is 0 Å². The Hall–Kier alpha value is -1.16. The first-order valence-electron chi connectivity index (χ1n) is 6.87. The molecule has 1 aromatic heterocycles. The molecule has 1 aliphatic heterocycles. The van der Waals surface area contributed by atoms with Crippen LogP contribution < -0.4 is 0 Å². The summed E-state index contributed by atoms with van der Waals surface area (Å²) >= 11 is 5.68. The number of halogens is 1. The maximum Gasteiger partial charge on any atom is 0.274 e. The van der Waals surface area contributed by atoms with Gasteiger partial charge in [0.25, 0.3) is 5.91 Å². The third-order valence-electron chi connectivity index (χ3n) is 4.45. The van der Waals surface area contributed by atoms with Crippen molar-refractivity contribution in [2.45, 2.75) is 39.5 Å². The number of rotatable bonds is 3. The molecule has 0 unspecified atom stereocenters. The summed E-state index contributed by atoms with van der Waals surface area (Å²) < 4.78 is 0. The van der Waals surface area contributed by atoms with Crippen molar-refractivity contribution in [3.05, 3.63) is 23.2 Å². The predicted molar refractivity (Wildman–Crippen MR) is 75.2 cm³/mol. The van der Waals surface area contributed by atoms with Gasteiger partial charge in [-0.15, -0.1) is 0 Å². The second-order valence-electron chi connectivity index (χ2n) is 5.22. The minimum atomic E-state index is -0.0371. The number of amides is 1. The molecule has 0 aromatic carbocycles. The van der Waals surface area contributed by atoms with Crippen LogP contribution in [-0.2, 0) is 0 Å². The topological polar surface area (TPSA) is 46.1 Å². The molecular weight excluding hydrogens is 262 g/mol. The minimum absolute atomic E-state index is 0.0371. The van der Waals surface area contributed by atoms with Crippen LogP contribution in [-0.4, -0.2) is 33.9 Å². The van der Waals surface area contributed by atoms with Crippen molar-refractivity contribution in [3.8, 4) is 0 Å². The third kappa shape index (κ3) is 3.06. The van der Waals surface area contributed by atoms with E-state index in [0.29, 0.717) is 16.3 Å². The molecule has 2 heterocycles. The molecular formula is C14H20ClN3O. The highest BCUT2D eigenvalue weighted by Crippen LogP contribution is 2.38. The highest BCUT2D eigenvalue weighted by molar-refractivity contribution is 6.29. The Balaban J connectivity index is 2.01. The van der Waals surface area contributed by atoms with Crippen molar-refractivity contribution in [1.82, 2.24) is 14.9 Å². The molecule has 1 aliphatic rings. The normalized spacial score (nSPS) is 18.4. The van der Waals surface area contributed by atoms with E-state index < -0.39 is 0 Å². The summed E-state index contributed by atoms with van der Waals surface area (Å²) in [7, 11) is 0. The largest absolute Gasteiger partial charge is 0.337 e. The molecule has 0 spiro atoms. The van der Waals surface area contributed by atoms with Crippen molar-refractivity contribution in [3.63, 3.8) is 0 Å². The van der Waals surface area contributed by atoms with Crippen molar-refractivity contribution in [2.24, 2.45) is 5.41 Å². The van der Waals surface area contributed by atoms with Crippen LogP contribution in [0.3, 0.4) is 0 Å². The van der Waals surface area contributed by atoms with E-state index in [1.54, 1.807) is 0 Å². The summed E-state index contributed by atoms with van der Waals surface area (Å²) in [4.78, 5) is 22.1. The van der Waals surface area contributed by atoms with Gasteiger partial charge in [-0.2, -0.15) is 0 Å². The maximum atomic E-state index is 12.3. The van der Waals surface area contributed by atoms with Crippen LogP contribution in [0.25, 0.3) is 0 Å². The van der Waals surface area contributed by atoms with E-state index in [-0.39, 0.29) is 5.91 Å². The van der Waals surface area contributed by atoms with E-state index in [1.807, 2.05) is 4.90 Å². The van der Waals surface area contributed by atoms with Gasteiger partial charge >= 0.3 is 0 Å². The second-order valence-corrected chi connectivity index (χ2v) is 5.61. The smallest absolute Gasteiger partial charge is 0.274 e. The van der Waals surface area contributed by atoms with Gasteiger partial charge in [0.1, 0.15) is 10.8 Å². The fourth-order valence-corrected chi connectivity index (χ4v) is 2.82. The van der Waals surface area contributed by atoms with E-state index in [0.717, 1.165) is 25.9 Å². The first kappa shape index (κ1) is 14.3. The van der Waals surface area contributed by atoms with Gasteiger partial charge < -0.3 is 4.90 Å². The fraction of sp³-hybridized carbons (Fsp3) is 0.643. The van der Waals surface area contributed by atoms with Crippen LogP contribution in [0.15, 0.2) is 12.4 Å². The number of hydrogen-bond donors (Lipinski definition) is 0. The summed E-state index contributed by atoms with van der Waals surface area (Å²) in [6.07, 6.45) is 7.39. The van der Waals surface area contributed by atoms with Crippen LogP contribution in [0, 0.1) is 5.41 Å². The molecule has 104 valence electrons. The van der Waals surface area contributed by atoms with Gasteiger partial charge in [0, 0.05) is 13.1 Å². The number of likely N-dealkylation sites (tertiary alicyclic amines) is 1. The Kier molecular flexibility index (Phi) is 4.40. The molecule has 0 bridgehead atoms. The van der Waals surface area contributed by atoms with Gasteiger partial charge in [0.15, 0.2) is 0 Å². The van der Waals surface area contributed by atoms with E-state index in [4.69, 9.17) is 11.6 Å². The van der Waals surface area contributed by atoms with E-state index >= 15 is 0 Å². The molecule has 1 saturated heterocycles. The van der Waals surface area contributed by atoms with Gasteiger partial charge in [-0.05, 0) is 18.3 Å². The number of aromatic nitrogens is 2. The second kappa shape index (κ2) is 5.87. The first-order chi connectivity index (χ1) is 9.10. The zero-order chi connectivity index (χ0) is 13.9. The molecule has 0 N–H and O–H groups in total. The number of nitrogens with zero attached hydrogens (tertiary/aromatic N) is 3. The van der Waals surface area contributed by atoms with Crippen molar-refractivity contribution >= 4 is 17.5 Å². The SMILES string of the molecule is CCC1(CC)CCN(C(=O)c2cnc(Cl)cn2)CC1. The number of carbonyl (C=O) groups excluding carboxylic acids is 1. The number of hydrogen-bond acceptors (Lipinski definition) is 3. The minimum Gasteiger partial charge on any atom is -0.337 e.